The number of benzene rings is 2. The first-order valence-electron chi connectivity index (χ1n) is 7.45. The van der Waals surface area contributed by atoms with Gasteiger partial charge in [-0.2, -0.15) is 0 Å². The van der Waals surface area contributed by atoms with Crippen molar-refractivity contribution in [3.8, 4) is 0 Å². The Hall–Kier alpha value is -2.47. The summed E-state index contributed by atoms with van der Waals surface area (Å²) >= 11 is 0. The van der Waals surface area contributed by atoms with E-state index < -0.39 is 9.84 Å². The van der Waals surface area contributed by atoms with Crippen LogP contribution in [0.3, 0.4) is 0 Å². The third-order valence-corrected chi connectivity index (χ3v) is 4.48. The van der Waals surface area contributed by atoms with E-state index >= 15 is 0 Å². The Bertz CT molecular complexity index is 987. The van der Waals surface area contributed by atoms with E-state index in [9.17, 15) is 12.8 Å². The zero-order chi connectivity index (χ0) is 17.2. The molecule has 3 rings (SSSR count). The zero-order valence-electron chi connectivity index (χ0n) is 13.2. The normalized spacial score (nSPS) is 11.6. The first-order valence-corrected chi connectivity index (χ1v) is 9.51. The maximum atomic E-state index is 13.8. The molecule has 6 heteroatoms. The molecular weight excluding hydrogens is 327 g/mol. The molecule has 0 aliphatic carbocycles. The SMILES string of the molecule is CS(=O)(=O)Cc1cccc(CNc2ccnc3c(F)cccc23)c1. The third-order valence-electron chi connectivity index (χ3n) is 3.63. The second-order valence-electron chi connectivity index (χ2n) is 5.74. The Kier molecular flexibility index (Phi) is 4.49. The fraction of sp³-hybridized carbons (Fsp3) is 0.167. The molecule has 0 radical (unpaired) electrons. The number of hydrogen-bond donors (Lipinski definition) is 1. The van der Waals surface area contributed by atoms with Crippen molar-refractivity contribution >= 4 is 26.4 Å². The van der Waals surface area contributed by atoms with Crippen LogP contribution in [0.4, 0.5) is 10.1 Å². The molecule has 0 bridgehead atoms. The maximum absolute atomic E-state index is 13.8. The van der Waals surface area contributed by atoms with Gasteiger partial charge >= 0.3 is 0 Å². The molecule has 0 amide bonds. The third kappa shape index (κ3) is 3.89. The second kappa shape index (κ2) is 6.57. The van der Waals surface area contributed by atoms with E-state index in [1.165, 1.54) is 12.3 Å². The minimum atomic E-state index is -3.06. The van der Waals surface area contributed by atoms with Gasteiger partial charge in [0, 0.05) is 30.1 Å². The average molecular weight is 344 g/mol. The van der Waals surface area contributed by atoms with Gasteiger partial charge in [0.1, 0.15) is 11.3 Å². The van der Waals surface area contributed by atoms with Crippen molar-refractivity contribution in [3.63, 3.8) is 0 Å². The molecule has 24 heavy (non-hydrogen) atoms. The minimum Gasteiger partial charge on any atom is -0.380 e. The van der Waals surface area contributed by atoms with Gasteiger partial charge in [-0.1, -0.05) is 36.4 Å². The highest BCUT2D eigenvalue weighted by Crippen LogP contribution is 2.24. The monoisotopic (exact) mass is 344 g/mol. The molecule has 0 spiro atoms. The standard InChI is InChI=1S/C18H17FN2O2S/c1-24(22,23)12-14-5-2-4-13(10-14)11-21-17-8-9-20-18-15(17)6-3-7-16(18)19/h2-10H,11-12H2,1H3,(H,20,21). The summed E-state index contributed by atoms with van der Waals surface area (Å²) in [6.45, 7) is 0.507. The van der Waals surface area contributed by atoms with E-state index in [4.69, 9.17) is 0 Å². The topological polar surface area (TPSA) is 59.1 Å². The van der Waals surface area contributed by atoms with Crippen molar-refractivity contribution in [3.05, 3.63) is 71.7 Å². The van der Waals surface area contributed by atoms with Crippen LogP contribution in [0.15, 0.2) is 54.7 Å². The Labute approximate surface area is 140 Å². The van der Waals surface area contributed by atoms with Crippen molar-refractivity contribution in [2.45, 2.75) is 12.3 Å². The number of fused-ring (bicyclic) bond motifs is 1. The number of para-hydroxylation sites is 1. The number of nitrogens with one attached hydrogen (secondary N) is 1. The van der Waals surface area contributed by atoms with E-state index in [1.807, 2.05) is 24.3 Å². The molecule has 1 aromatic heterocycles. The first kappa shape index (κ1) is 16.4. The van der Waals surface area contributed by atoms with Crippen LogP contribution in [0.1, 0.15) is 11.1 Å². The maximum Gasteiger partial charge on any atom is 0.151 e. The Morgan fingerprint density at radius 2 is 1.83 bits per heavy atom. The predicted octanol–water partition coefficient (Wildman–Crippen LogP) is 3.53. The number of rotatable bonds is 5. The van der Waals surface area contributed by atoms with Crippen LogP contribution in [-0.4, -0.2) is 19.7 Å². The summed E-state index contributed by atoms with van der Waals surface area (Å²) in [5.74, 6) is -0.337. The first-order chi connectivity index (χ1) is 11.4. The number of nitrogens with zero attached hydrogens (tertiary/aromatic N) is 1. The van der Waals surface area contributed by atoms with Crippen LogP contribution in [0.25, 0.3) is 10.9 Å². The van der Waals surface area contributed by atoms with E-state index in [2.05, 4.69) is 10.3 Å². The molecule has 3 aromatic rings. The molecule has 2 aromatic carbocycles. The largest absolute Gasteiger partial charge is 0.380 e. The predicted molar refractivity (Wildman–Crippen MR) is 94.0 cm³/mol. The summed E-state index contributed by atoms with van der Waals surface area (Å²) < 4.78 is 36.6. The van der Waals surface area contributed by atoms with Crippen LogP contribution < -0.4 is 5.32 Å². The molecule has 4 nitrogen and oxygen atoms in total. The molecule has 0 aliphatic rings. The van der Waals surface area contributed by atoms with E-state index in [-0.39, 0.29) is 11.6 Å². The highest BCUT2D eigenvalue weighted by Gasteiger charge is 2.07. The summed E-state index contributed by atoms with van der Waals surface area (Å²) in [4.78, 5) is 4.07. The second-order valence-corrected chi connectivity index (χ2v) is 7.88. The highest BCUT2D eigenvalue weighted by atomic mass is 32.2. The number of aromatic nitrogens is 1. The smallest absolute Gasteiger partial charge is 0.151 e. The Morgan fingerprint density at radius 3 is 2.62 bits per heavy atom. The molecular formula is C18H17FN2O2S. The highest BCUT2D eigenvalue weighted by molar-refractivity contribution is 7.89. The van der Waals surface area contributed by atoms with Gasteiger partial charge < -0.3 is 5.32 Å². The van der Waals surface area contributed by atoms with Crippen LogP contribution in [0.5, 0.6) is 0 Å². The van der Waals surface area contributed by atoms with Gasteiger partial charge in [-0.15, -0.1) is 0 Å². The number of pyridine rings is 1. The molecule has 0 atom stereocenters. The summed E-state index contributed by atoms with van der Waals surface area (Å²) in [5.41, 5.74) is 2.82. The van der Waals surface area contributed by atoms with Gasteiger partial charge in [-0.25, -0.2) is 12.8 Å². The van der Waals surface area contributed by atoms with E-state index in [1.54, 1.807) is 24.4 Å². The summed E-state index contributed by atoms with van der Waals surface area (Å²) in [6, 6.07) is 14.0. The summed E-state index contributed by atoms with van der Waals surface area (Å²) in [7, 11) is -3.06. The Morgan fingerprint density at radius 1 is 1.08 bits per heavy atom. The molecule has 0 fully saturated rings. The van der Waals surface area contributed by atoms with E-state index in [0.29, 0.717) is 17.4 Å². The van der Waals surface area contributed by atoms with Gasteiger partial charge in [0.15, 0.2) is 9.84 Å². The van der Waals surface area contributed by atoms with Crippen molar-refractivity contribution in [1.82, 2.24) is 4.98 Å². The van der Waals surface area contributed by atoms with Gasteiger partial charge in [0.05, 0.1) is 5.75 Å². The fourth-order valence-electron chi connectivity index (χ4n) is 2.62. The molecule has 1 heterocycles. The molecule has 0 unspecified atom stereocenters. The van der Waals surface area contributed by atoms with Crippen LogP contribution >= 0.6 is 0 Å². The Balaban J connectivity index is 1.82. The lowest BCUT2D eigenvalue weighted by molar-refractivity contribution is 0.601. The van der Waals surface area contributed by atoms with Crippen LogP contribution in [0, 0.1) is 5.82 Å². The number of anilines is 1. The minimum absolute atomic E-state index is 0.0181. The lowest BCUT2D eigenvalue weighted by Gasteiger charge is -2.10. The van der Waals surface area contributed by atoms with Gasteiger partial charge in [0.25, 0.3) is 0 Å². The fourth-order valence-corrected chi connectivity index (χ4v) is 3.41. The lowest BCUT2D eigenvalue weighted by Crippen LogP contribution is -2.04. The van der Waals surface area contributed by atoms with Crippen LogP contribution in [-0.2, 0) is 22.1 Å². The molecule has 0 saturated heterocycles. The zero-order valence-corrected chi connectivity index (χ0v) is 14.0. The van der Waals surface area contributed by atoms with E-state index in [0.717, 1.165) is 16.8 Å². The summed E-state index contributed by atoms with van der Waals surface area (Å²) in [6.07, 6.45) is 2.78. The molecule has 0 aliphatic heterocycles. The van der Waals surface area contributed by atoms with Gasteiger partial charge in [-0.05, 0) is 23.3 Å². The molecule has 1 N–H and O–H groups in total. The number of hydrogen-bond acceptors (Lipinski definition) is 4. The average Bonchev–Trinajstić information content (AvgIpc) is 2.52. The number of sulfone groups is 1. The number of halogens is 1. The molecule has 124 valence electrons. The summed E-state index contributed by atoms with van der Waals surface area (Å²) in [5, 5.41) is 3.98. The van der Waals surface area contributed by atoms with Crippen molar-refractivity contribution in [2.75, 3.05) is 11.6 Å². The van der Waals surface area contributed by atoms with Gasteiger partial charge in [-0.3, -0.25) is 4.98 Å². The van der Waals surface area contributed by atoms with Gasteiger partial charge in [0.2, 0.25) is 0 Å². The quantitative estimate of drug-likeness (QED) is 0.769. The lowest BCUT2D eigenvalue weighted by atomic mass is 10.1. The van der Waals surface area contributed by atoms with Crippen LogP contribution in [0.2, 0.25) is 0 Å². The van der Waals surface area contributed by atoms with Crippen molar-refractivity contribution in [1.29, 1.82) is 0 Å². The molecule has 0 saturated carbocycles. The van der Waals surface area contributed by atoms with Crippen molar-refractivity contribution < 1.29 is 12.8 Å². The van der Waals surface area contributed by atoms with Crippen molar-refractivity contribution in [2.24, 2.45) is 0 Å².